The molecule has 1 aliphatic carbocycles. The summed E-state index contributed by atoms with van der Waals surface area (Å²) in [5, 5.41) is 3.17. The minimum absolute atomic E-state index is 0.0386. The monoisotopic (exact) mass is 251 g/mol. The Morgan fingerprint density at radius 3 is 2.50 bits per heavy atom. The van der Waals surface area contributed by atoms with Crippen molar-refractivity contribution in [3.63, 3.8) is 0 Å². The molecular weight excluding hydrogens is 232 g/mol. The molecule has 1 unspecified atom stereocenters. The number of benzene rings is 1. The Bertz CT molecular complexity index is 420. The molecule has 1 aromatic rings. The van der Waals surface area contributed by atoms with Gasteiger partial charge >= 0.3 is 0 Å². The van der Waals surface area contributed by atoms with Crippen molar-refractivity contribution in [2.75, 3.05) is 7.05 Å². The van der Waals surface area contributed by atoms with E-state index in [-0.39, 0.29) is 11.6 Å². The number of hydrogen-bond donors (Lipinski definition) is 1. The van der Waals surface area contributed by atoms with E-state index in [1.165, 1.54) is 36.6 Å². The molecule has 0 heterocycles. The van der Waals surface area contributed by atoms with Crippen molar-refractivity contribution in [1.82, 2.24) is 5.32 Å². The van der Waals surface area contributed by atoms with Crippen molar-refractivity contribution in [1.29, 1.82) is 0 Å². The summed E-state index contributed by atoms with van der Waals surface area (Å²) in [6.45, 7) is 0. The molecule has 1 N–H and O–H groups in total. The molecule has 0 aromatic heterocycles. The third kappa shape index (κ3) is 2.96. The number of halogens is 2. The van der Waals surface area contributed by atoms with Crippen molar-refractivity contribution < 1.29 is 8.78 Å². The van der Waals surface area contributed by atoms with Crippen LogP contribution >= 0.6 is 0 Å². The lowest BCUT2D eigenvalue weighted by atomic mass is 9.90. The van der Waals surface area contributed by atoms with Crippen molar-refractivity contribution in [2.24, 2.45) is 0 Å². The van der Waals surface area contributed by atoms with E-state index in [0.29, 0.717) is 6.42 Å². The summed E-state index contributed by atoms with van der Waals surface area (Å²) in [7, 11) is 1.85. The summed E-state index contributed by atoms with van der Waals surface area (Å²) >= 11 is 0. The van der Waals surface area contributed by atoms with Gasteiger partial charge in [-0.25, -0.2) is 8.78 Å². The van der Waals surface area contributed by atoms with E-state index >= 15 is 0 Å². The van der Waals surface area contributed by atoms with Gasteiger partial charge < -0.3 is 5.32 Å². The van der Waals surface area contributed by atoms with Crippen LogP contribution in [0.3, 0.4) is 0 Å². The molecule has 0 amide bonds. The fourth-order valence-electron chi connectivity index (χ4n) is 2.53. The molecular formula is C15H19F2N. The Balaban J connectivity index is 2.17. The van der Waals surface area contributed by atoms with Gasteiger partial charge in [-0.2, -0.15) is 0 Å². The highest BCUT2D eigenvalue weighted by Gasteiger charge is 2.18. The highest BCUT2D eigenvalue weighted by molar-refractivity contribution is 5.24. The molecule has 1 aliphatic rings. The molecule has 0 radical (unpaired) electrons. The first-order chi connectivity index (χ1) is 8.72. The van der Waals surface area contributed by atoms with Gasteiger partial charge in [-0.05, 0) is 51.3 Å². The van der Waals surface area contributed by atoms with Crippen LogP contribution in [0.2, 0.25) is 0 Å². The maximum absolute atomic E-state index is 13.6. The first kappa shape index (κ1) is 13.2. The van der Waals surface area contributed by atoms with Crippen LogP contribution in [0.5, 0.6) is 0 Å². The second kappa shape index (κ2) is 6.10. The summed E-state index contributed by atoms with van der Waals surface area (Å²) in [5.74, 6) is -0.904. The van der Waals surface area contributed by atoms with Crippen LogP contribution in [0.15, 0.2) is 29.8 Å². The zero-order chi connectivity index (χ0) is 13.0. The molecule has 1 aromatic carbocycles. The molecule has 3 heteroatoms. The maximum atomic E-state index is 13.6. The average Bonchev–Trinajstić information content (AvgIpc) is 2.40. The van der Waals surface area contributed by atoms with Crippen LogP contribution < -0.4 is 5.32 Å². The lowest BCUT2D eigenvalue weighted by Gasteiger charge is -2.23. The Hall–Kier alpha value is -1.22. The normalized spacial score (nSPS) is 17.4. The van der Waals surface area contributed by atoms with Crippen molar-refractivity contribution >= 4 is 0 Å². The third-order valence-electron chi connectivity index (χ3n) is 3.59. The first-order valence-electron chi connectivity index (χ1n) is 6.51. The van der Waals surface area contributed by atoms with Crippen LogP contribution in [0, 0.1) is 11.6 Å². The van der Waals surface area contributed by atoms with E-state index in [0.717, 1.165) is 12.8 Å². The van der Waals surface area contributed by atoms with Crippen LogP contribution in [-0.4, -0.2) is 13.1 Å². The number of hydrogen-bond acceptors (Lipinski definition) is 1. The molecule has 1 atom stereocenters. The highest BCUT2D eigenvalue weighted by Crippen LogP contribution is 2.24. The van der Waals surface area contributed by atoms with Crippen LogP contribution in [0.4, 0.5) is 8.78 Å². The van der Waals surface area contributed by atoms with Gasteiger partial charge in [0.1, 0.15) is 11.6 Å². The molecule has 0 bridgehead atoms. The van der Waals surface area contributed by atoms with E-state index in [1.807, 2.05) is 7.05 Å². The topological polar surface area (TPSA) is 12.0 Å². The summed E-state index contributed by atoms with van der Waals surface area (Å²) in [5.41, 5.74) is 1.47. The number of rotatable bonds is 4. The van der Waals surface area contributed by atoms with Crippen LogP contribution in [-0.2, 0) is 6.42 Å². The molecule has 0 aliphatic heterocycles. The Labute approximate surface area is 107 Å². The SMILES string of the molecule is CNC(Cc1c(F)cccc1F)C1=CCCCC1. The molecule has 1 nitrogen and oxygen atoms in total. The third-order valence-corrected chi connectivity index (χ3v) is 3.59. The van der Waals surface area contributed by atoms with Gasteiger partial charge in [-0.15, -0.1) is 0 Å². The van der Waals surface area contributed by atoms with Gasteiger partial charge in [0, 0.05) is 11.6 Å². The van der Waals surface area contributed by atoms with Gasteiger partial charge in [0.15, 0.2) is 0 Å². The highest BCUT2D eigenvalue weighted by atomic mass is 19.1. The summed E-state index contributed by atoms with van der Waals surface area (Å²) in [4.78, 5) is 0. The fourth-order valence-corrected chi connectivity index (χ4v) is 2.53. The lowest BCUT2D eigenvalue weighted by molar-refractivity contribution is 0.515. The standard InChI is InChI=1S/C15H19F2N/c1-18-15(11-6-3-2-4-7-11)10-12-13(16)8-5-9-14(12)17/h5-6,8-9,15,18H,2-4,7,10H2,1H3. The molecule has 0 spiro atoms. The van der Waals surface area contributed by atoms with E-state index in [4.69, 9.17) is 0 Å². The number of likely N-dealkylation sites (N-methyl/N-ethyl adjacent to an activating group) is 1. The summed E-state index contributed by atoms with van der Waals surface area (Å²) in [6, 6.07) is 4.08. The predicted molar refractivity (Wildman–Crippen MR) is 69.5 cm³/mol. The largest absolute Gasteiger partial charge is 0.313 e. The maximum Gasteiger partial charge on any atom is 0.129 e. The Morgan fingerprint density at radius 1 is 1.22 bits per heavy atom. The minimum atomic E-state index is -0.452. The zero-order valence-corrected chi connectivity index (χ0v) is 10.7. The van der Waals surface area contributed by atoms with Crippen molar-refractivity contribution in [3.8, 4) is 0 Å². The average molecular weight is 251 g/mol. The molecule has 0 saturated carbocycles. The van der Waals surface area contributed by atoms with E-state index in [9.17, 15) is 8.78 Å². The first-order valence-corrected chi connectivity index (χ1v) is 6.51. The Kier molecular flexibility index (Phi) is 4.48. The van der Waals surface area contributed by atoms with E-state index in [2.05, 4.69) is 11.4 Å². The Morgan fingerprint density at radius 2 is 1.94 bits per heavy atom. The molecule has 2 rings (SSSR count). The minimum Gasteiger partial charge on any atom is -0.313 e. The van der Waals surface area contributed by atoms with Gasteiger partial charge in [-0.1, -0.05) is 17.7 Å². The van der Waals surface area contributed by atoms with Gasteiger partial charge in [0.05, 0.1) is 0 Å². The van der Waals surface area contributed by atoms with Gasteiger partial charge in [0.2, 0.25) is 0 Å². The van der Waals surface area contributed by atoms with Gasteiger partial charge in [-0.3, -0.25) is 0 Å². The second-order valence-corrected chi connectivity index (χ2v) is 4.77. The fraction of sp³-hybridized carbons (Fsp3) is 0.467. The van der Waals surface area contributed by atoms with Crippen molar-refractivity contribution in [2.45, 2.75) is 38.1 Å². The van der Waals surface area contributed by atoms with Crippen LogP contribution in [0.25, 0.3) is 0 Å². The van der Waals surface area contributed by atoms with E-state index < -0.39 is 11.6 Å². The smallest absolute Gasteiger partial charge is 0.129 e. The second-order valence-electron chi connectivity index (χ2n) is 4.77. The number of allylic oxidation sites excluding steroid dienone is 1. The molecule has 98 valence electrons. The summed E-state index contributed by atoms with van der Waals surface area (Å²) in [6.07, 6.45) is 7.08. The quantitative estimate of drug-likeness (QED) is 0.806. The lowest BCUT2D eigenvalue weighted by Crippen LogP contribution is -2.31. The van der Waals surface area contributed by atoms with Crippen LogP contribution in [0.1, 0.15) is 31.2 Å². The zero-order valence-electron chi connectivity index (χ0n) is 10.7. The molecule has 0 fully saturated rings. The predicted octanol–water partition coefficient (Wildman–Crippen LogP) is 3.60. The molecule has 0 saturated heterocycles. The molecule has 18 heavy (non-hydrogen) atoms. The van der Waals surface area contributed by atoms with Crippen molar-refractivity contribution in [3.05, 3.63) is 47.0 Å². The number of nitrogens with one attached hydrogen (secondary N) is 1. The van der Waals surface area contributed by atoms with Gasteiger partial charge in [0.25, 0.3) is 0 Å². The van der Waals surface area contributed by atoms with E-state index in [1.54, 1.807) is 0 Å². The summed E-state index contributed by atoms with van der Waals surface area (Å²) < 4.78 is 27.3.